The highest BCUT2D eigenvalue weighted by atomic mass is 16.2. The van der Waals surface area contributed by atoms with Crippen LogP contribution in [0.5, 0.6) is 0 Å². The minimum absolute atomic E-state index is 0.311. The standard InChI is InChI=1S/C21H22N4O2/c1-14-7-6-10-18(15(14)2)25-19-17(20(26)23-21(25)27)12-24(13-22-19)11-16-8-4-3-5-9-16/h3-10,22H,11-13H2,1-2H3,(H,23,26,27)/p+1. The number of nitrogens with zero attached hydrogens (tertiary/aromatic N) is 1. The fourth-order valence-corrected chi connectivity index (χ4v) is 3.66. The summed E-state index contributed by atoms with van der Waals surface area (Å²) in [6.07, 6.45) is 0. The van der Waals surface area contributed by atoms with Crippen LogP contribution in [0.2, 0.25) is 0 Å². The molecule has 0 bridgehead atoms. The largest absolute Gasteiger partial charge is 0.334 e. The van der Waals surface area contributed by atoms with Crippen LogP contribution in [0.25, 0.3) is 5.69 Å². The van der Waals surface area contributed by atoms with E-state index in [1.807, 2.05) is 50.2 Å². The predicted octanol–water partition coefficient (Wildman–Crippen LogP) is 1.11. The molecule has 0 saturated heterocycles. The Labute approximate surface area is 157 Å². The molecular formula is C21H23N4O2+. The van der Waals surface area contributed by atoms with Gasteiger partial charge in [-0.05, 0) is 31.0 Å². The van der Waals surface area contributed by atoms with E-state index in [0.29, 0.717) is 24.6 Å². The zero-order valence-corrected chi connectivity index (χ0v) is 15.5. The van der Waals surface area contributed by atoms with Gasteiger partial charge in [0.1, 0.15) is 24.5 Å². The molecule has 6 heteroatoms. The van der Waals surface area contributed by atoms with Crippen molar-refractivity contribution < 1.29 is 4.90 Å². The van der Waals surface area contributed by atoms with Gasteiger partial charge in [0, 0.05) is 5.56 Å². The number of aromatic nitrogens is 2. The molecule has 4 rings (SSSR count). The van der Waals surface area contributed by atoms with Crippen molar-refractivity contribution in [3.8, 4) is 5.69 Å². The average molecular weight is 363 g/mol. The number of anilines is 1. The van der Waals surface area contributed by atoms with Gasteiger partial charge in [-0.15, -0.1) is 0 Å². The van der Waals surface area contributed by atoms with Gasteiger partial charge in [-0.1, -0.05) is 42.5 Å². The van der Waals surface area contributed by atoms with Crippen LogP contribution in [-0.2, 0) is 13.1 Å². The van der Waals surface area contributed by atoms with Crippen molar-refractivity contribution in [1.29, 1.82) is 0 Å². The first kappa shape index (κ1) is 17.3. The zero-order chi connectivity index (χ0) is 19.0. The van der Waals surface area contributed by atoms with Crippen molar-refractivity contribution >= 4 is 5.82 Å². The van der Waals surface area contributed by atoms with E-state index < -0.39 is 5.69 Å². The van der Waals surface area contributed by atoms with E-state index in [4.69, 9.17) is 0 Å². The number of aromatic amines is 1. The molecule has 138 valence electrons. The molecule has 6 nitrogen and oxygen atoms in total. The smallest absolute Gasteiger partial charge is 0.324 e. The summed E-state index contributed by atoms with van der Waals surface area (Å²) in [5.74, 6) is 0.606. The Kier molecular flexibility index (Phi) is 4.41. The summed E-state index contributed by atoms with van der Waals surface area (Å²) in [5, 5.41) is 3.33. The number of benzene rings is 2. The molecule has 2 heterocycles. The van der Waals surface area contributed by atoms with Crippen molar-refractivity contribution in [2.24, 2.45) is 0 Å². The molecule has 0 amide bonds. The van der Waals surface area contributed by atoms with Crippen LogP contribution >= 0.6 is 0 Å². The number of aryl methyl sites for hydroxylation is 1. The first-order valence-electron chi connectivity index (χ1n) is 9.11. The molecule has 2 aromatic carbocycles. The maximum absolute atomic E-state index is 12.6. The second-order valence-corrected chi connectivity index (χ2v) is 7.08. The van der Waals surface area contributed by atoms with Gasteiger partial charge >= 0.3 is 5.69 Å². The molecule has 3 N–H and O–H groups in total. The average Bonchev–Trinajstić information content (AvgIpc) is 2.66. The number of nitrogens with one attached hydrogen (secondary N) is 3. The first-order valence-corrected chi connectivity index (χ1v) is 9.11. The van der Waals surface area contributed by atoms with Gasteiger partial charge in [0.05, 0.1) is 5.69 Å². The van der Waals surface area contributed by atoms with E-state index in [0.717, 1.165) is 23.4 Å². The molecule has 0 spiro atoms. The maximum Gasteiger partial charge on any atom is 0.334 e. The molecule has 1 atom stereocenters. The topological polar surface area (TPSA) is 71.3 Å². The van der Waals surface area contributed by atoms with E-state index in [1.54, 1.807) is 4.57 Å². The van der Waals surface area contributed by atoms with Gasteiger partial charge in [0.15, 0.2) is 6.67 Å². The zero-order valence-electron chi connectivity index (χ0n) is 15.5. The van der Waals surface area contributed by atoms with Crippen LogP contribution in [0.15, 0.2) is 58.1 Å². The van der Waals surface area contributed by atoms with E-state index in [2.05, 4.69) is 22.4 Å². The Morgan fingerprint density at radius 2 is 1.81 bits per heavy atom. The molecule has 1 aromatic heterocycles. The number of hydrogen-bond donors (Lipinski definition) is 3. The lowest BCUT2D eigenvalue weighted by atomic mass is 10.1. The normalized spacial score (nSPS) is 15.9. The Bertz CT molecular complexity index is 1100. The monoisotopic (exact) mass is 363 g/mol. The number of quaternary nitrogens is 1. The van der Waals surface area contributed by atoms with Crippen molar-refractivity contribution in [3.05, 3.63) is 91.6 Å². The summed E-state index contributed by atoms with van der Waals surface area (Å²) >= 11 is 0. The van der Waals surface area contributed by atoms with Crippen molar-refractivity contribution in [1.82, 2.24) is 9.55 Å². The third-order valence-electron chi connectivity index (χ3n) is 5.25. The molecule has 27 heavy (non-hydrogen) atoms. The quantitative estimate of drug-likeness (QED) is 0.653. The summed E-state index contributed by atoms with van der Waals surface area (Å²) in [6, 6.07) is 16.1. The van der Waals surface area contributed by atoms with Crippen LogP contribution in [0.1, 0.15) is 22.3 Å². The van der Waals surface area contributed by atoms with Crippen LogP contribution in [0, 0.1) is 13.8 Å². The molecular weight excluding hydrogens is 340 g/mol. The highest BCUT2D eigenvalue weighted by Crippen LogP contribution is 2.21. The molecule has 1 aliphatic heterocycles. The van der Waals surface area contributed by atoms with Crippen molar-refractivity contribution in [2.75, 3.05) is 12.0 Å². The first-order chi connectivity index (χ1) is 13.0. The molecule has 1 aliphatic rings. The van der Waals surface area contributed by atoms with Gasteiger partial charge in [-0.3, -0.25) is 9.78 Å². The summed E-state index contributed by atoms with van der Waals surface area (Å²) in [4.78, 5) is 28.8. The Morgan fingerprint density at radius 3 is 2.59 bits per heavy atom. The minimum Gasteiger partial charge on any atom is -0.324 e. The number of rotatable bonds is 3. The lowest BCUT2D eigenvalue weighted by Gasteiger charge is -2.28. The molecule has 0 radical (unpaired) electrons. The summed E-state index contributed by atoms with van der Waals surface area (Å²) in [6.45, 7) is 6.04. The third-order valence-corrected chi connectivity index (χ3v) is 5.25. The number of hydrogen-bond acceptors (Lipinski definition) is 3. The second-order valence-electron chi connectivity index (χ2n) is 7.08. The summed E-state index contributed by atoms with van der Waals surface area (Å²) in [7, 11) is 0. The van der Waals surface area contributed by atoms with Gasteiger partial charge in [0.25, 0.3) is 5.56 Å². The van der Waals surface area contributed by atoms with E-state index in [-0.39, 0.29) is 5.56 Å². The third kappa shape index (κ3) is 3.19. The van der Waals surface area contributed by atoms with E-state index in [1.165, 1.54) is 10.5 Å². The maximum atomic E-state index is 12.6. The van der Waals surface area contributed by atoms with Crippen LogP contribution in [-0.4, -0.2) is 16.2 Å². The van der Waals surface area contributed by atoms with Crippen LogP contribution in [0.3, 0.4) is 0 Å². The highest BCUT2D eigenvalue weighted by molar-refractivity contribution is 5.54. The lowest BCUT2D eigenvalue weighted by Crippen LogP contribution is -3.11. The van der Waals surface area contributed by atoms with Gasteiger partial charge in [-0.2, -0.15) is 0 Å². The Hall–Kier alpha value is -3.12. The molecule has 0 saturated carbocycles. The van der Waals surface area contributed by atoms with Crippen molar-refractivity contribution in [2.45, 2.75) is 26.9 Å². The number of H-pyrrole nitrogens is 1. The van der Waals surface area contributed by atoms with Crippen LogP contribution in [0.4, 0.5) is 5.82 Å². The number of fused-ring (bicyclic) bond motifs is 1. The Morgan fingerprint density at radius 1 is 1.04 bits per heavy atom. The minimum atomic E-state index is -0.411. The molecule has 0 aliphatic carbocycles. The van der Waals surface area contributed by atoms with E-state index >= 15 is 0 Å². The fourth-order valence-electron chi connectivity index (χ4n) is 3.66. The summed E-state index contributed by atoms with van der Waals surface area (Å²) in [5.41, 5.74) is 4.04. The highest BCUT2D eigenvalue weighted by Gasteiger charge is 2.26. The van der Waals surface area contributed by atoms with Crippen LogP contribution < -0.4 is 21.5 Å². The van der Waals surface area contributed by atoms with Gasteiger partial charge in [0.2, 0.25) is 0 Å². The SMILES string of the molecule is Cc1cccc(-n2c3c(c(=O)[nH]c2=O)C[NH+](Cc2ccccc2)CN3)c1C. The predicted molar refractivity (Wildman–Crippen MR) is 105 cm³/mol. The molecule has 1 unspecified atom stereocenters. The summed E-state index contributed by atoms with van der Waals surface area (Å²) < 4.78 is 1.60. The molecule has 0 fully saturated rings. The van der Waals surface area contributed by atoms with E-state index in [9.17, 15) is 9.59 Å². The lowest BCUT2D eigenvalue weighted by molar-refractivity contribution is -0.926. The van der Waals surface area contributed by atoms with Gasteiger partial charge in [-0.25, -0.2) is 9.36 Å². The fraction of sp³-hybridized carbons (Fsp3) is 0.238. The van der Waals surface area contributed by atoms with Crippen molar-refractivity contribution in [3.63, 3.8) is 0 Å². The second kappa shape index (κ2) is 6.89. The molecule has 3 aromatic rings. The Balaban J connectivity index is 1.76. The van der Waals surface area contributed by atoms with Gasteiger partial charge < -0.3 is 10.2 Å².